The summed E-state index contributed by atoms with van der Waals surface area (Å²) in [5, 5.41) is 7.87. The van der Waals surface area contributed by atoms with Crippen LogP contribution in [0.2, 0.25) is 0 Å². The van der Waals surface area contributed by atoms with Crippen molar-refractivity contribution in [1.29, 1.82) is 0 Å². The molecule has 3 rings (SSSR count). The normalized spacial score (nSPS) is 13.0. The zero-order chi connectivity index (χ0) is 26.5. The van der Waals surface area contributed by atoms with Gasteiger partial charge in [0.15, 0.2) is 11.6 Å². The van der Waals surface area contributed by atoms with Gasteiger partial charge in [-0.1, -0.05) is 12.6 Å². The van der Waals surface area contributed by atoms with Crippen molar-refractivity contribution in [1.82, 2.24) is 9.97 Å². The minimum Gasteiger partial charge on any atom is -0.491 e. The van der Waals surface area contributed by atoms with E-state index in [0.29, 0.717) is 11.4 Å². The number of methoxy groups -OCH3 is 1. The number of benzene rings is 2. The van der Waals surface area contributed by atoms with Gasteiger partial charge in [-0.15, -0.1) is 0 Å². The van der Waals surface area contributed by atoms with Crippen LogP contribution in [0.5, 0.6) is 5.75 Å². The van der Waals surface area contributed by atoms with E-state index in [9.17, 15) is 9.18 Å². The second-order valence-electron chi connectivity index (χ2n) is 5.84. The van der Waals surface area contributed by atoms with Gasteiger partial charge >= 0.3 is 0 Å². The van der Waals surface area contributed by atoms with Crippen molar-refractivity contribution in [3.8, 4) is 5.75 Å². The molecule has 3 aromatic rings. The molecule has 9 heteroatoms. The smallest absolute Gasteiger partial charge is 0.247 e. The lowest BCUT2D eigenvalue weighted by Gasteiger charge is -2.11. The number of nitrogens with zero attached hydrogens (tertiary/aromatic N) is 2. The summed E-state index contributed by atoms with van der Waals surface area (Å²) in [4.78, 5) is 19.6. The summed E-state index contributed by atoms with van der Waals surface area (Å²) in [5.74, 6) is -1.34. The number of amides is 1. The van der Waals surface area contributed by atoms with E-state index in [1.54, 1.807) is 24.3 Å². The second-order valence-corrected chi connectivity index (χ2v) is 5.84. The highest BCUT2D eigenvalue weighted by Gasteiger charge is 2.09. The molecule has 1 heterocycles. The lowest BCUT2D eigenvalue weighted by molar-refractivity contribution is -0.111. The number of halogens is 1. The molecule has 0 spiro atoms. The molecular formula is C22H22FN5O3. The topological polar surface area (TPSA) is 97.4 Å². The van der Waals surface area contributed by atoms with Gasteiger partial charge in [-0.3, -0.25) is 4.79 Å². The fourth-order valence-electron chi connectivity index (χ4n) is 2.28. The number of rotatable bonds is 10. The average molecular weight is 428 g/mol. The first-order chi connectivity index (χ1) is 17.0. The van der Waals surface area contributed by atoms with Crippen molar-refractivity contribution >= 4 is 34.7 Å². The zero-order valence-electron chi connectivity index (χ0n) is 21.5. The predicted octanol–water partition coefficient (Wildman–Crippen LogP) is 4.25. The Bertz CT molecular complexity index is 1280. The highest BCUT2D eigenvalue weighted by atomic mass is 19.1. The van der Waals surface area contributed by atoms with Crippen LogP contribution >= 0.6 is 0 Å². The molecule has 0 saturated carbocycles. The first-order valence-electron chi connectivity index (χ1n) is 11.4. The number of ether oxygens (including phenoxy) is 2. The first kappa shape index (κ1) is 15.8. The molecule has 0 aliphatic heterocycles. The molecule has 0 saturated heterocycles. The van der Waals surface area contributed by atoms with E-state index in [1.165, 1.54) is 13.2 Å². The van der Waals surface area contributed by atoms with E-state index < -0.39 is 30.4 Å². The van der Waals surface area contributed by atoms with E-state index in [0.717, 1.165) is 12.3 Å². The maximum absolute atomic E-state index is 14.4. The summed E-state index contributed by atoms with van der Waals surface area (Å²) in [6.45, 7) is 1.10. The van der Waals surface area contributed by atoms with E-state index in [2.05, 4.69) is 37.2 Å². The third-order valence-corrected chi connectivity index (χ3v) is 3.68. The quantitative estimate of drug-likeness (QED) is 0.415. The van der Waals surface area contributed by atoms with E-state index in [-0.39, 0.29) is 35.8 Å². The minimum absolute atomic E-state index is 0.0122. The van der Waals surface area contributed by atoms with Crippen LogP contribution < -0.4 is 20.7 Å². The molecule has 3 N–H and O–H groups in total. The number of hydrogen-bond acceptors (Lipinski definition) is 7. The molecule has 31 heavy (non-hydrogen) atoms. The summed E-state index contributed by atoms with van der Waals surface area (Å²) < 4.78 is 63.5. The van der Waals surface area contributed by atoms with Crippen LogP contribution in [0.3, 0.4) is 0 Å². The molecule has 1 aromatic heterocycles. The van der Waals surface area contributed by atoms with Crippen LogP contribution in [0.1, 0.15) is 6.85 Å². The predicted molar refractivity (Wildman–Crippen MR) is 118 cm³/mol. The van der Waals surface area contributed by atoms with E-state index >= 15 is 0 Å². The molecule has 2 aromatic carbocycles. The number of aromatic nitrogens is 2. The van der Waals surface area contributed by atoms with Crippen LogP contribution in [0.4, 0.5) is 33.2 Å². The fourth-order valence-corrected chi connectivity index (χ4v) is 2.28. The third kappa shape index (κ3) is 6.51. The summed E-state index contributed by atoms with van der Waals surface area (Å²) >= 11 is 0. The molecule has 0 radical (unpaired) electrons. The Kier molecular flexibility index (Phi) is 5.45. The Morgan fingerprint density at radius 1 is 1.26 bits per heavy atom. The number of anilines is 5. The van der Waals surface area contributed by atoms with Gasteiger partial charge in [0.25, 0.3) is 0 Å². The standard InChI is InChI=1S/C22H22FN5O3/c1-3-20(29)25-16-5-4-6-17(13-16)26-21-19(23)14-24-22(28-21)27-15-7-9-18(10-8-15)31-12-11-30-2/h3-10,13-14H,1,11-12H2,2H3,(H,25,29)(H2,24,26,27,28)/i4D,5D,6D,11D2. The van der Waals surface area contributed by atoms with Gasteiger partial charge in [-0.05, 0) is 48.5 Å². The molecule has 1 amide bonds. The third-order valence-electron chi connectivity index (χ3n) is 3.68. The van der Waals surface area contributed by atoms with E-state index in [1.807, 2.05) is 0 Å². The number of carbonyl (C=O) groups excluding carboxylic acids is 1. The maximum Gasteiger partial charge on any atom is 0.247 e. The lowest BCUT2D eigenvalue weighted by Crippen LogP contribution is -2.07. The molecule has 0 aliphatic carbocycles. The molecule has 0 atom stereocenters. The van der Waals surface area contributed by atoms with Crippen molar-refractivity contribution in [2.24, 2.45) is 0 Å². The lowest BCUT2D eigenvalue weighted by atomic mass is 10.2. The highest BCUT2D eigenvalue weighted by Crippen LogP contribution is 2.23. The van der Waals surface area contributed by atoms with Gasteiger partial charge in [0.2, 0.25) is 11.9 Å². The Morgan fingerprint density at radius 3 is 2.77 bits per heavy atom. The summed E-state index contributed by atoms with van der Waals surface area (Å²) in [6, 6.07) is 6.38. The number of nitrogens with one attached hydrogen (secondary N) is 3. The second kappa shape index (κ2) is 10.7. The zero-order valence-corrected chi connectivity index (χ0v) is 16.5. The van der Waals surface area contributed by atoms with Crippen LogP contribution in [0.15, 0.2) is 67.3 Å². The van der Waals surface area contributed by atoms with Gasteiger partial charge in [-0.25, -0.2) is 9.37 Å². The van der Waals surface area contributed by atoms with Gasteiger partial charge in [0, 0.05) is 24.2 Å². The molecule has 0 fully saturated rings. The molecule has 0 aliphatic rings. The number of carbonyl (C=O) groups is 1. The Morgan fingerprint density at radius 2 is 2.03 bits per heavy atom. The Hall–Kier alpha value is -3.98. The fraction of sp³-hybridized carbons (Fsp3) is 0.136. The van der Waals surface area contributed by atoms with Crippen LogP contribution in [0, 0.1) is 5.82 Å². The van der Waals surface area contributed by atoms with Crippen LogP contribution in [-0.4, -0.2) is 36.2 Å². The van der Waals surface area contributed by atoms with E-state index in [4.69, 9.17) is 11.6 Å². The number of hydrogen-bond donors (Lipinski definition) is 3. The molecule has 8 nitrogen and oxygen atoms in total. The van der Waals surface area contributed by atoms with Crippen molar-refractivity contribution in [3.63, 3.8) is 0 Å². The van der Waals surface area contributed by atoms with Crippen LogP contribution in [-0.2, 0) is 9.53 Å². The Balaban J connectivity index is 1.78. The van der Waals surface area contributed by atoms with Gasteiger partial charge < -0.3 is 25.4 Å². The largest absolute Gasteiger partial charge is 0.491 e. The minimum atomic E-state index is -1.93. The highest BCUT2D eigenvalue weighted by molar-refractivity contribution is 5.99. The monoisotopic (exact) mass is 428 g/mol. The summed E-state index contributed by atoms with van der Waals surface area (Å²) in [7, 11) is 1.24. The molecule has 160 valence electrons. The van der Waals surface area contributed by atoms with Gasteiger partial charge in [0.1, 0.15) is 12.4 Å². The Labute approximate surface area is 186 Å². The summed E-state index contributed by atoms with van der Waals surface area (Å²) in [5.41, 5.74) is 0.408. The first-order valence-corrected chi connectivity index (χ1v) is 8.92. The van der Waals surface area contributed by atoms with Gasteiger partial charge in [-0.2, -0.15) is 4.98 Å². The molecule has 0 unspecified atom stereocenters. The van der Waals surface area contributed by atoms with Crippen molar-refractivity contribution in [2.75, 3.05) is 36.2 Å². The van der Waals surface area contributed by atoms with Crippen LogP contribution in [0.25, 0.3) is 0 Å². The summed E-state index contributed by atoms with van der Waals surface area (Å²) in [6.07, 6.45) is 1.90. The van der Waals surface area contributed by atoms with Crippen molar-refractivity contribution in [2.45, 2.75) is 0 Å². The maximum atomic E-state index is 14.4. The average Bonchev–Trinajstić information content (AvgIpc) is 2.87. The van der Waals surface area contributed by atoms with Crippen molar-refractivity contribution < 1.29 is 25.5 Å². The SMILES string of the molecule is [2H]c1c(NC(=O)C=C)cc(Nc2nc(Nc3ccc(OCC([2H])([2H])OC)cc3)ncc2F)c([2H])c1[2H]. The molecular weight excluding hydrogens is 401 g/mol. The molecule has 0 bridgehead atoms. The van der Waals surface area contributed by atoms with Crippen molar-refractivity contribution in [3.05, 3.63) is 73.1 Å². The van der Waals surface area contributed by atoms with Gasteiger partial charge in [0.05, 0.1) is 19.6 Å².